The van der Waals surface area contributed by atoms with Crippen LogP contribution in [-0.4, -0.2) is 55.0 Å². The summed E-state index contributed by atoms with van der Waals surface area (Å²) in [7, 11) is -2.90. The summed E-state index contributed by atoms with van der Waals surface area (Å²) >= 11 is 0. The SMILES string of the molecule is CCS(=O)(=O)CCCN1CCC(C(=O)O)C1C. The third-order valence-electron chi connectivity index (χ3n) is 3.54. The van der Waals surface area contributed by atoms with Crippen LogP contribution in [0.5, 0.6) is 0 Å². The quantitative estimate of drug-likeness (QED) is 0.760. The molecule has 1 aliphatic heterocycles. The van der Waals surface area contributed by atoms with Gasteiger partial charge in [-0.2, -0.15) is 0 Å². The van der Waals surface area contributed by atoms with E-state index in [1.54, 1.807) is 6.92 Å². The highest BCUT2D eigenvalue weighted by molar-refractivity contribution is 7.91. The van der Waals surface area contributed by atoms with E-state index in [0.29, 0.717) is 19.4 Å². The van der Waals surface area contributed by atoms with Crippen molar-refractivity contribution in [1.29, 1.82) is 0 Å². The molecule has 5 nitrogen and oxygen atoms in total. The lowest BCUT2D eigenvalue weighted by Gasteiger charge is -2.22. The Morgan fingerprint density at radius 3 is 2.59 bits per heavy atom. The first kappa shape index (κ1) is 14.4. The molecular weight excluding hydrogens is 242 g/mol. The molecule has 0 bridgehead atoms. The van der Waals surface area contributed by atoms with Crippen molar-refractivity contribution in [3.8, 4) is 0 Å². The fourth-order valence-corrected chi connectivity index (χ4v) is 3.14. The van der Waals surface area contributed by atoms with Gasteiger partial charge in [0.15, 0.2) is 0 Å². The smallest absolute Gasteiger partial charge is 0.308 e. The Morgan fingerprint density at radius 1 is 1.47 bits per heavy atom. The minimum Gasteiger partial charge on any atom is -0.481 e. The summed E-state index contributed by atoms with van der Waals surface area (Å²) in [6, 6.07) is 0.0110. The molecule has 0 radical (unpaired) electrons. The summed E-state index contributed by atoms with van der Waals surface area (Å²) in [4.78, 5) is 13.0. The van der Waals surface area contributed by atoms with Gasteiger partial charge in [0.2, 0.25) is 0 Å². The maximum atomic E-state index is 11.3. The lowest BCUT2D eigenvalue weighted by Crippen LogP contribution is -2.34. The molecule has 1 rings (SSSR count). The van der Waals surface area contributed by atoms with Crippen molar-refractivity contribution >= 4 is 15.8 Å². The van der Waals surface area contributed by atoms with E-state index in [4.69, 9.17) is 5.11 Å². The number of aliphatic carboxylic acids is 1. The van der Waals surface area contributed by atoms with Gasteiger partial charge in [0.1, 0.15) is 9.84 Å². The molecular formula is C11H21NO4S. The van der Waals surface area contributed by atoms with Crippen LogP contribution < -0.4 is 0 Å². The van der Waals surface area contributed by atoms with Crippen molar-refractivity contribution in [3.05, 3.63) is 0 Å². The second kappa shape index (κ2) is 5.82. The number of carboxylic acids is 1. The molecule has 17 heavy (non-hydrogen) atoms. The summed E-state index contributed by atoms with van der Waals surface area (Å²) in [5, 5.41) is 8.97. The molecule has 1 N–H and O–H groups in total. The highest BCUT2D eigenvalue weighted by atomic mass is 32.2. The number of carbonyl (C=O) groups is 1. The maximum absolute atomic E-state index is 11.3. The van der Waals surface area contributed by atoms with E-state index in [2.05, 4.69) is 4.90 Å². The van der Waals surface area contributed by atoms with E-state index < -0.39 is 15.8 Å². The number of carboxylic acid groups (broad SMARTS) is 1. The minimum absolute atomic E-state index is 0.0110. The first-order valence-electron chi connectivity index (χ1n) is 6.04. The maximum Gasteiger partial charge on any atom is 0.308 e. The van der Waals surface area contributed by atoms with Crippen LogP contribution in [0.3, 0.4) is 0 Å². The van der Waals surface area contributed by atoms with Crippen LogP contribution >= 0.6 is 0 Å². The molecule has 0 aromatic carbocycles. The van der Waals surface area contributed by atoms with Crippen LogP contribution in [-0.2, 0) is 14.6 Å². The molecule has 0 saturated carbocycles. The molecule has 2 unspecified atom stereocenters. The zero-order valence-corrected chi connectivity index (χ0v) is 11.2. The Kier molecular flexibility index (Phi) is 4.94. The molecule has 2 atom stereocenters. The zero-order valence-electron chi connectivity index (χ0n) is 10.4. The molecule has 0 aromatic rings. The summed E-state index contributed by atoms with van der Waals surface area (Å²) < 4.78 is 22.6. The van der Waals surface area contributed by atoms with Gasteiger partial charge in [-0.05, 0) is 32.9 Å². The van der Waals surface area contributed by atoms with E-state index in [1.165, 1.54) is 0 Å². The Morgan fingerprint density at radius 2 is 2.12 bits per heavy atom. The predicted molar refractivity (Wildman–Crippen MR) is 65.7 cm³/mol. The largest absolute Gasteiger partial charge is 0.481 e. The highest BCUT2D eigenvalue weighted by Crippen LogP contribution is 2.24. The lowest BCUT2D eigenvalue weighted by atomic mass is 10.0. The normalized spacial score (nSPS) is 26.2. The van der Waals surface area contributed by atoms with E-state index in [-0.39, 0.29) is 23.5 Å². The third kappa shape index (κ3) is 3.96. The van der Waals surface area contributed by atoms with Crippen molar-refractivity contribution in [2.24, 2.45) is 5.92 Å². The Labute approximate surface area is 103 Å². The van der Waals surface area contributed by atoms with E-state index in [0.717, 1.165) is 6.54 Å². The van der Waals surface area contributed by atoms with Gasteiger partial charge in [-0.3, -0.25) is 9.69 Å². The van der Waals surface area contributed by atoms with Gasteiger partial charge in [0, 0.05) is 11.8 Å². The highest BCUT2D eigenvalue weighted by Gasteiger charge is 2.35. The van der Waals surface area contributed by atoms with Crippen molar-refractivity contribution < 1.29 is 18.3 Å². The van der Waals surface area contributed by atoms with Crippen LogP contribution in [0.1, 0.15) is 26.7 Å². The summed E-state index contributed by atoms with van der Waals surface area (Å²) in [6.07, 6.45) is 1.25. The van der Waals surface area contributed by atoms with E-state index in [9.17, 15) is 13.2 Å². The number of rotatable bonds is 6. The zero-order chi connectivity index (χ0) is 13.1. The fourth-order valence-electron chi connectivity index (χ4n) is 2.28. The van der Waals surface area contributed by atoms with E-state index in [1.807, 2.05) is 6.92 Å². The fraction of sp³-hybridized carbons (Fsp3) is 0.909. The Hall–Kier alpha value is -0.620. The molecule has 0 spiro atoms. The van der Waals surface area contributed by atoms with Crippen LogP contribution in [0.2, 0.25) is 0 Å². The second-order valence-corrected chi connectivity index (χ2v) is 7.07. The topological polar surface area (TPSA) is 74.7 Å². The molecule has 1 fully saturated rings. The average Bonchev–Trinajstić information content (AvgIpc) is 2.60. The van der Waals surface area contributed by atoms with Crippen molar-refractivity contribution in [2.75, 3.05) is 24.6 Å². The predicted octanol–water partition coefficient (Wildman–Crippen LogP) is 0.606. The van der Waals surface area contributed by atoms with Gasteiger partial charge in [0.05, 0.1) is 11.7 Å². The second-order valence-electron chi connectivity index (χ2n) is 4.60. The van der Waals surface area contributed by atoms with Crippen molar-refractivity contribution in [3.63, 3.8) is 0 Å². The van der Waals surface area contributed by atoms with Crippen LogP contribution in [0, 0.1) is 5.92 Å². The molecule has 100 valence electrons. The first-order chi connectivity index (χ1) is 7.87. The standard InChI is InChI=1S/C11H21NO4S/c1-3-17(15,16)8-4-6-12-7-5-10(9(12)2)11(13)14/h9-10H,3-8H2,1-2H3,(H,13,14). The lowest BCUT2D eigenvalue weighted by molar-refractivity contribution is -0.142. The van der Waals surface area contributed by atoms with Crippen molar-refractivity contribution in [2.45, 2.75) is 32.7 Å². The van der Waals surface area contributed by atoms with Crippen LogP contribution in [0.4, 0.5) is 0 Å². The molecule has 1 saturated heterocycles. The summed E-state index contributed by atoms with van der Waals surface area (Å²) in [5.74, 6) is -0.677. The Bertz CT molecular complexity index is 366. The number of nitrogens with zero attached hydrogens (tertiary/aromatic N) is 1. The first-order valence-corrected chi connectivity index (χ1v) is 7.87. The molecule has 0 aromatic heterocycles. The number of sulfone groups is 1. The van der Waals surface area contributed by atoms with Gasteiger partial charge in [-0.1, -0.05) is 6.92 Å². The molecule has 0 amide bonds. The third-order valence-corrected chi connectivity index (χ3v) is 5.33. The van der Waals surface area contributed by atoms with E-state index >= 15 is 0 Å². The average molecular weight is 263 g/mol. The monoisotopic (exact) mass is 263 g/mol. The number of hydrogen-bond acceptors (Lipinski definition) is 4. The molecule has 0 aliphatic carbocycles. The van der Waals surface area contributed by atoms with Crippen molar-refractivity contribution in [1.82, 2.24) is 4.90 Å². The van der Waals surface area contributed by atoms with Crippen LogP contribution in [0.15, 0.2) is 0 Å². The number of likely N-dealkylation sites (tertiary alicyclic amines) is 1. The molecule has 1 heterocycles. The minimum atomic E-state index is -2.90. The molecule has 6 heteroatoms. The van der Waals surface area contributed by atoms with Gasteiger partial charge in [0.25, 0.3) is 0 Å². The summed E-state index contributed by atoms with van der Waals surface area (Å²) in [6.45, 7) is 4.98. The van der Waals surface area contributed by atoms with Gasteiger partial charge in [-0.15, -0.1) is 0 Å². The van der Waals surface area contributed by atoms with Gasteiger partial charge < -0.3 is 5.11 Å². The van der Waals surface area contributed by atoms with Crippen LogP contribution in [0.25, 0.3) is 0 Å². The summed E-state index contributed by atoms with van der Waals surface area (Å²) in [5.41, 5.74) is 0. The van der Waals surface area contributed by atoms with Gasteiger partial charge >= 0.3 is 5.97 Å². The molecule has 1 aliphatic rings. The van der Waals surface area contributed by atoms with Gasteiger partial charge in [-0.25, -0.2) is 8.42 Å². The Balaban J connectivity index is 2.37. The number of hydrogen-bond donors (Lipinski definition) is 1.